The highest BCUT2D eigenvalue weighted by molar-refractivity contribution is 7.89. The molecule has 164 valence electrons. The highest BCUT2D eigenvalue weighted by atomic mass is 32.2. The smallest absolute Gasteiger partial charge is 0.257 e. The largest absolute Gasteiger partial charge is 0.298 e. The van der Waals surface area contributed by atoms with Crippen molar-refractivity contribution in [2.45, 2.75) is 38.1 Å². The summed E-state index contributed by atoms with van der Waals surface area (Å²) in [5.41, 5.74) is 1.62. The number of hydrogen-bond donors (Lipinski definition) is 1. The Morgan fingerprint density at radius 3 is 2.65 bits per heavy atom. The molecule has 2 aromatic carbocycles. The predicted molar refractivity (Wildman–Crippen MR) is 121 cm³/mol. The highest BCUT2D eigenvalue weighted by Gasteiger charge is 2.24. The van der Waals surface area contributed by atoms with Gasteiger partial charge in [-0.1, -0.05) is 18.2 Å². The first-order valence-corrected chi connectivity index (χ1v) is 11.9. The van der Waals surface area contributed by atoms with Crippen molar-refractivity contribution in [1.82, 2.24) is 9.29 Å². The molecule has 0 unspecified atom stereocenters. The first-order valence-electron chi connectivity index (χ1n) is 9.67. The lowest BCUT2D eigenvalue weighted by Crippen LogP contribution is -2.33. The Morgan fingerprint density at radius 1 is 1.23 bits per heavy atom. The van der Waals surface area contributed by atoms with Crippen LogP contribution in [0.3, 0.4) is 0 Å². The first kappa shape index (κ1) is 23.1. The number of anilines is 1. The number of nitrogens with one attached hydrogen (secondary N) is 1. The number of thiazole rings is 1. The number of rotatable bonds is 7. The second kappa shape index (κ2) is 9.25. The summed E-state index contributed by atoms with van der Waals surface area (Å²) in [5.74, 6) is -0.708. The van der Waals surface area contributed by atoms with Gasteiger partial charge in [-0.3, -0.25) is 10.1 Å². The normalized spacial score (nSPS) is 11.8. The monoisotopic (exact) mass is 461 g/mol. The number of sulfonamides is 1. The van der Waals surface area contributed by atoms with Gasteiger partial charge in [-0.15, -0.1) is 11.3 Å². The number of aromatic nitrogens is 1. The summed E-state index contributed by atoms with van der Waals surface area (Å²) in [7, 11) is -2.19. The maximum atomic E-state index is 13.7. The number of aryl methyl sites for hydroxylation is 1. The zero-order chi connectivity index (χ0) is 22.8. The molecule has 0 bridgehead atoms. The quantitative estimate of drug-likeness (QED) is 0.563. The van der Waals surface area contributed by atoms with Crippen LogP contribution in [-0.2, 0) is 16.4 Å². The molecule has 31 heavy (non-hydrogen) atoms. The van der Waals surface area contributed by atoms with E-state index in [1.165, 1.54) is 47.0 Å². The summed E-state index contributed by atoms with van der Waals surface area (Å²) >= 11 is 1.29. The molecule has 9 heteroatoms. The van der Waals surface area contributed by atoms with E-state index in [4.69, 9.17) is 0 Å². The van der Waals surface area contributed by atoms with Crippen LogP contribution in [0.1, 0.15) is 40.2 Å². The van der Waals surface area contributed by atoms with Crippen molar-refractivity contribution in [3.8, 4) is 0 Å². The van der Waals surface area contributed by atoms with E-state index in [9.17, 15) is 17.6 Å². The van der Waals surface area contributed by atoms with Crippen LogP contribution in [0.25, 0.3) is 0 Å². The molecular weight excluding hydrogens is 437 g/mol. The van der Waals surface area contributed by atoms with Crippen LogP contribution in [0.5, 0.6) is 0 Å². The third-order valence-electron chi connectivity index (χ3n) is 4.89. The summed E-state index contributed by atoms with van der Waals surface area (Å²) < 4.78 is 40.4. The predicted octanol–water partition coefficient (Wildman–Crippen LogP) is 4.46. The van der Waals surface area contributed by atoms with Crippen molar-refractivity contribution in [2.75, 3.05) is 12.4 Å². The van der Waals surface area contributed by atoms with Crippen molar-refractivity contribution >= 4 is 32.4 Å². The molecule has 1 heterocycles. The molecule has 3 aromatic rings. The summed E-state index contributed by atoms with van der Waals surface area (Å²) in [6, 6.07) is 10.8. The van der Waals surface area contributed by atoms with Gasteiger partial charge in [-0.2, -0.15) is 4.31 Å². The van der Waals surface area contributed by atoms with E-state index in [0.717, 1.165) is 10.4 Å². The Hall–Kier alpha value is -2.62. The molecule has 0 aliphatic rings. The molecule has 0 aliphatic carbocycles. The van der Waals surface area contributed by atoms with E-state index in [-0.39, 0.29) is 22.3 Å². The SMILES string of the molecule is Cc1ccc(Cc2cnc(NC(=O)c3cccc(S(=O)(=O)N(C)C(C)C)c3)s2)cc1F. The number of carbonyl (C=O) groups excluding carboxylic acids is 1. The first-order chi connectivity index (χ1) is 14.6. The van der Waals surface area contributed by atoms with Crippen LogP contribution in [0.2, 0.25) is 0 Å². The van der Waals surface area contributed by atoms with Gasteiger partial charge < -0.3 is 0 Å². The molecule has 1 aromatic heterocycles. The van der Waals surface area contributed by atoms with Gasteiger partial charge in [0, 0.05) is 36.1 Å². The van der Waals surface area contributed by atoms with Crippen molar-refractivity contribution in [2.24, 2.45) is 0 Å². The van der Waals surface area contributed by atoms with Gasteiger partial charge in [0.2, 0.25) is 10.0 Å². The minimum Gasteiger partial charge on any atom is -0.298 e. The fourth-order valence-electron chi connectivity index (χ4n) is 2.81. The fourth-order valence-corrected chi connectivity index (χ4v) is 5.06. The summed E-state index contributed by atoms with van der Waals surface area (Å²) in [6.07, 6.45) is 2.14. The molecule has 0 spiro atoms. The van der Waals surface area contributed by atoms with E-state index < -0.39 is 15.9 Å². The lowest BCUT2D eigenvalue weighted by molar-refractivity contribution is 0.102. The van der Waals surface area contributed by atoms with Crippen LogP contribution >= 0.6 is 11.3 Å². The zero-order valence-electron chi connectivity index (χ0n) is 17.7. The third kappa shape index (κ3) is 5.36. The highest BCUT2D eigenvalue weighted by Crippen LogP contribution is 2.23. The molecule has 0 radical (unpaired) electrons. The minimum absolute atomic E-state index is 0.0533. The van der Waals surface area contributed by atoms with Gasteiger partial charge in [0.1, 0.15) is 5.82 Å². The zero-order valence-corrected chi connectivity index (χ0v) is 19.3. The standard InChI is InChI=1S/C22H24FN3O3S2/c1-14(2)26(4)31(28,29)19-7-5-6-17(12-19)21(27)25-22-24-13-18(30-22)10-16-9-8-15(3)20(23)11-16/h5-9,11-14H,10H2,1-4H3,(H,24,25,27). The Bertz CT molecular complexity index is 1210. The summed E-state index contributed by atoms with van der Waals surface area (Å²) in [6.45, 7) is 5.26. The Morgan fingerprint density at radius 2 is 1.97 bits per heavy atom. The van der Waals surface area contributed by atoms with Gasteiger partial charge in [-0.05, 0) is 56.2 Å². The van der Waals surface area contributed by atoms with Crippen LogP contribution in [0.15, 0.2) is 53.6 Å². The lowest BCUT2D eigenvalue weighted by atomic mass is 10.1. The average Bonchev–Trinajstić information content (AvgIpc) is 3.16. The second-order valence-corrected chi connectivity index (χ2v) is 10.6. The minimum atomic E-state index is -3.69. The second-order valence-electron chi connectivity index (χ2n) is 7.49. The van der Waals surface area contributed by atoms with E-state index in [2.05, 4.69) is 10.3 Å². The molecular formula is C22H24FN3O3S2. The lowest BCUT2D eigenvalue weighted by Gasteiger charge is -2.21. The molecule has 1 amide bonds. The summed E-state index contributed by atoms with van der Waals surface area (Å²) in [4.78, 5) is 17.8. The fraction of sp³-hybridized carbons (Fsp3) is 0.273. The Labute approximate surface area is 185 Å². The van der Waals surface area contributed by atoms with Crippen LogP contribution in [-0.4, -0.2) is 36.7 Å². The van der Waals surface area contributed by atoms with E-state index in [1.54, 1.807) is 39.1 Å². The van der Waals surface area contributed by atoms with Gasteiger partial charge in [0.05, 0.1) is 4.90 Å². The Balaban J connectivity index is 1.73. The van der Waals surface area contributed by atoms with Crippen molar-refractivity contribution in [3.63, 3.8) is 0 Å². The number of benzene rings is 2. The van der Waals surface area contributed by atoms with Crippen molar-refractivity contribution < 1.29 is 17.6 Å². The van der Waals surface area contributed by atoms with Gasteiger partial charge in [-0.25, -0.2) is 17.8 Å². The maximum absolute atomic E-state index is 13.7. The number of amides is 1. The molecule has 0 atom stereocenters. The number of hydrogen-bond acceptors (Lipinski definition) is 5. The van der Waals surface area contributed by atoms with Gasteiger partial charge >= 0.3 is 0 Å². The van der Waals surface area contributed by atoms with E-state index >= 15 is 0 Å². The molecule has 0 saturated carbocycles. The number of halogens is 1. The van der Waals surface area contributed by atoms with Crippen LogP contribution in [0, 0.1) is 12.7 Å². The third-order valence-corrected chi connectivity index (χ3v) is 7.83. The molecule has 0 aliphatic heterocycles. The molecule has 3 rings (SSSR count). The Kier molecular flexibility index (Phi) is 6.88. The maximum Gasteiger partial charge on any atom is 0.257 e. The van der Waals surface area contributed by atoms with E-state index in [0.29, 0.717) is 17.1 Å². The average molecular weight is 462 g/mol. The molecule has 0 fully saturated rings. The van der Waals surface area contributed by atoms with Gasteiger partial charge in [0.15, 0.2) is 5.13 Å². The van der Waals surface area contributed by atoms with Crippen molar-refractivity contribution in [3.05, 3.63) is 76.0 Å². The number of carbonyl (C=O) groups is 1. The van der Waals surface area contributed by atoms with E-state index in [1.807, 2.05) is 6.07 Å². The molecule has 6 nitrogen and oxygen atoms in total. The molecule has 0 saturated heterocycles. The molecule has 1 N–H and O–H groups in total. The van der Waals surface area contributed by atoms with Crippen LogP contribution in [0.4, 0.5) is 9.52 Å². The van der Waals surface area contributed by atoms with Gasteiger partial charge in [0.25, 0.3) is 5.91 Å². The summed E-state index contributed by atoms with van der Waals surface area (Å²) in [5, 5.41) is 3.09. The topological polar surface area (TPSA) is 79.4 Å². The van der Waals surface area contributed by atoms with Crippen molar-refractivity contribution in [1.29, 1.82) is 0 Å². The van der Waals surface area contributed by atoms with Crippen LogP contribution < -0.4 is 5.32 Å². The number of nitrogens with zero attached hydrogens (tertiary/aromatic N) is 2.